The van der Waals surface area contributed by atoms with Gasteiger partial charge in [-0.05, 0) is 10.8 Å². The van der Waals surface area contributed by atoms with Crippen molar-refractivity contribution in [1.82, 2.24) is 0 Å². The summed E-state index contributed by atoms with van der Waals surface area (Å²) >= 11 is 1.71. The van der Waals surface area contributed by atoms with E-state index in [1.165, 1.54) is 6.42 Å². The fourth-order valence-corrected chi connectivity index (χ4v) is 0.680. The van der Waals surface area contributed by atoms with E-state index in [2.05, 4.69) is 13.8 Å². The molecule has 0 fully saturated rings. The molecule has 1 aromatic heterocycles. The Bertz CT molecular complexity index is 84.8. The van der Waals surface area contributed by atoms with Crippen molar-refractivity contribution in [2.75, 3.05) is 0 Å². The van der Waals surface area contributed by atoms with Crippen LogP contribution in [0.4, 0.5) is 0 Å². The molecule has 10 heavy (non-hydrogen) atoms. The van der Waals surface area contributed by atoms with Crippen LogP contribution in [0.3, 0.4) is 0 Å². The van der Waals surface area contributed by atoms with Crippen LogP contribution >= 0.6 is 11.3 Å². The number of hydrogen-bond acceptors (Lipinski definition) is 1. The van der Waals surface area contributed by atoms with E-state index in [-0.39, 0.29) is 18.9 Å². The van der Waals surface area contributed by atoms with Crippen molar-refractivity contribution in [3.8, 4) is 0 Å². The summed E-state index contributed by atoms with van der Waals surface area (Å²) in [6, 6.07) is 4.04. The van der Waals surface area contributed by atoms with E-state index in [4.69, 9.17) is 0 Å². The molecule has 0 bridgehead atoms. The molecule has 0 aliphatic rings. The molecule has 0 aliphatic carbocycles. The Hall–Kier alpha value is 0.297. The smallest absolute Gasteiger partial charge is 0.343 e. The molecule has 0 N–H and O–H groups in total. The first-order chi connectivity index (χ1) is 4.41. The van der Waals surface area contributed by atoms with Gasteiger partial charge in [-0.25, -0.2) is 0 Å². The fourth-order valence-electron chi connectivity index (χ4n) is 0.227. The van der Waals surface area contributed by atoms with Crippen LogP contribution in [0.25, 0.3) is 0 Å². The largest absolute Gasteiger partial charge is 1.00 e. The van der Waals surface area contributed by atoms with Gasteiger partial charge in [0.15, 0.2) is 0 Å². The second-order valence-electron chi connectivity index (χ2n) is 1.65. The number of unbranched alkanes of at least 4 members (excludes halogenated alkanes) is 1. The van der Waals surface area contributed by atoms with E-state index in [9.17, 15) is 0 Å². The van der Waals surface area contributed by atoms with Crippen LogP contribution in [-0.4, -0.2) is 0 Å². The van der Waals surface area contributed by atoms with Crippen molar-refractivity contribution in [1.29, 1.82) is 0 Å². The van der Waals surface area contributed by atoms with Crippen molar-refractivity contribution >= 4 is 11.3 Å². The molecule has 0 nitrogen and oxygen atoms in total. The first-order valence-electron chi connectivity index (χ1n) is 3.18. The predicted octanol–water partition coefficient (Wildman–Crippen LogP) is 0.373. The van der Waals surface area contributed by atoms with Gasteiger partial charge >= 0.3 is 18.9 Å². The molecule has 1 heterocycles. The fraction of sp³-hybridized carbons (Fsp3) is 0.375. The molecule has 0 saturated carbocycles. The third-order valence-electron chi connectivity index (χ3n) is 0.779. The minimum atomic E-state index is 0. The Morgan fingerprint density at radius 2 is 1.70 bits per heavy atom. The van der Waals surface area contributed by atoms with Gasteiger partial charge in [0.2, 0.25) is 0 Å². The summed E-state index contributed by atoms with van der Waals surface area (Å²) < 4.78 is 0. The Kier molecular flexibility index (Phi) is 15.5. The van der Waals surface area contributed by atoms with E-state index in [1.807, 2.05) is 22.9 Å². The van der Waals surface area contributed by atoms with Gasteiger partial charge in [0.25, 0.3) is 0 Å². The van der Waals surface area contributed by atoms with E-state index >= 15 is 0 Å². The van der Waals surface area contributed by atoms with Crippen LogP contribution in [0.15, 0.2) is 22.9 Å². The summed E-state index contributed by atoms with van der Waals surface area (Å²) in [7, 11) is 0. The third-order valence-corrected chi connectivity index (χ3v) is 1.41. The average Bonchev–Trinajstić information content (AvgIpc) is 2.43. The normalized spacial score (nSPS) is 7.00. The van der Waals surface area contributed by atoms with Gasteiger partial charge in [-0.3, -0.25) is 0 Å². The van der Waals surface area contributed by atoms with Gasteiger partial charge in [-0.2, -0.15) is 17.8 Å². The summed E-state index contributed by atoms with van der Waals surface area (Å²) in [5.41, 5.74) is 0. The second kappa shape index (κ2) is 12.0. The standard InChI is InChI=1S/C4H4S.C4H9.Li/c1-2-4-5-3-1;1-3-4-2;/h1-4H;1,3-4H2,2H3;/q;-1;+1. The Balaban J connectivity index is 0. The molecule has 0 aromatic carbocycles. The molecule has 0 amide bonds. The molecule has 1 aromatic rings. The maximum Gasteiger partial charge on any atom is 1.00 e. The first kappa shape index (κ1) is 12.9. The Morgan fingerprint density at radius 3 is 1.80 bits per heavy atom. The molecular weight excluding hydrogens is 135 g/mol. The van der Waals surface area contributed by atoms with Gasteiger partial charge in [-0.1, -0.05) is 25.5 Å². The third kappa shape index (κ3) is 11.1. The quantitative estimate of drug-likeness (QED) is 0.399. The van der Waals surface area contributed by atoms with Crippen molar-refractivity contribution in [3.63, 3.8) is 0 Å². The summed E-state index contributed by atoms with van der Waals surface area (Å²) in [6.45, 7) is 5.72. The molecule has 0 spiro atoms. The molecule has 0 unspecified atom stereocenters. The minimum Gasteiger partial charge on any atom is -0.343 e. The van der Waals surface area contributed by atoms with Crippen LogP contribution in [0, 0.1) is 6.92 Å². The maximum atomic E-state index is 3.60. The second-order valence-corrected chi connectivity index (χ2v) is 2.46. The predicted molar refractivity (Wildman–Crippen MR) is 44.6 cm³/mol. The molecule has 0 saturated heterocycles. The number of rotatable bonds is 1. The Labute approximate surface area is 79.8 Å². The molecule has 2 heteroatoms. The zero-order chi connectivity index (χ0) is 6.95. The molecule has 0 aliphatic heterocycles. The van der Waals surface area contributed by atoms with Crippen LogP contribution in [0.2, 0.25) is 0 Å². The van der Waals surface area contributed by atoms with Gasteiger partial charge in [-0.15, -0.1) is 0 Å². The zero-order valence-corrected chi connectivity index (χ0v) is 7.66. The summed E-state index contributed by atoms with van der Waals surface area (Å²) in [6.07, 6.45) is 2.28. The van der Waals surface area contributed by atoms with Crippen LogP contribution in [-0.2, 0) is 0 Å². The number of thiophene rings is 1. The van der Waals surface area contributed by atoms with Gasteiger partial charge in [0, 0.05) is 0 Å². The van der Waals surface area contributed by atoms with Crippen molar-refractivity contribution < 1.29 is 18.9 Å². The van der Waals surface area contributed by atoms with E-state index in [1.54, 1.807) is 11.3 Å². The summed E-state index contributed by atoms with van der Waals surface area (Å²) in [4.78, 5) is 0. The van der Waals surface area contributed by atoms with E-state index < -0.39 is 0 Å². The molecule has 1 rings (SSSR count). The van der Waals surface area contributed by atoms with Crippen LogP contribution < -0.4 is 18.9 Å². The zero-order valence-electron chi connectivity index (χ0n) is 6.84. The molecule has 52 valence electrons. The first-order valence-corrected chi connectivity index (χ1v) is 4.12. The van der Waals surface area contributed by atoms with Gasteiger partial charge in [0.05, 0.1) is 0 Å². The van der Waals surface area contributed by atoms with Crippen LogP contribution in [0.1, 0.15) is 19.8 Å². The monoisotopic (exact) mass is 148 g/mol. The SMILES string of the molecule is [CH2-]CCC.[Li+].c1ccsc1. The average molecular weight is 148 g/mol. The van der Waals surface area contributed by atoms with Crippen molar-refractivity contribution in [2.24, 2.45) is 0 Å². The maximum absolute atomic E-state index is 3.60. The molecule has 0 atom stereocenters. The molecular formula is C8H13LiS. The molecule has 0 radical (unpaired) electrons. The van der Waals surface area contributed by atoms with E-state index in [0.717, 1.165) is 6.42 Å². The number of hydrogen-bond donors (Lipinski definition) is 0. The summed E-state index contributed by atoms with van der Waals surface area (Å²) in [5, 5.41) is 4.08. The van der Waals surface area contributed by atoms with E-state index in [0.29, 0.717) is 0 Å². The minimum absolute atomic E-state index is 0. The summed E-state index contributed by atoms with van der Waals surface area (Å²) in [5.74, 6) is 0. The van der Waals surface area contributed by atoms with Gasteiger partial charge in [0.1, 0.15) is 0 Å². The van der Waals surface area contributed by atoms with Gasteiger partial charge < -0.3 is 6.92 Å². The Morgan fingerprint density at radius 1 is 1.30 bits per heavy atom. The van der Waals surface area contributed by atoms with Crippen molar-refractivity contribution in [2.45, 2.75) is 19.8 Å². The van der Waals surface area contributed by atoms with Crippen molar-refractivity contribution in [3.05, 3.63) is 29.8 Å². The van der Waals surface area contributed by atoms with Crippen LogP contribution in [0.5, 0.6) is 0 Å². The topological polar surface area (TPSA) is 0 Å².